The Kier molecular flexibility index (Phi) is 4.80. The van der Waals surface area contributed by atoms with E-state index in [1.165, 1.54) is 0 Å². The van der Waals surface area contributed by atoms with Crippen LogP contribution in [0.25, 0.3) is 21.3 Å². The van der Waals surface area contributed by atoms with Gasteiger partial charge >= 0.3 is 0 Å². The van der Waals surface area contributed by atoms with Crippen LogP contribution in [-0.2, 0) is 0 Å². The topological polar surface area (TPSA) is 53.4 Å². The molecule has 0 radical (unpaired) electrons. The molecule has 0 aliphatic heterocycles. The summed E-state index contributed by atoms with van der Waals surface area (Å²) in [6.45, 7) is 0. The summed E-state index contributed by atoms with van der Waals surface area (Å²) in [5.41, 5.74) is 7.52. The molecule has 5 nitrogen and oxygen atoms in total. The molecule has 27 heavy (non-hydrogen) atoms. The highest BCUT2D eigenvalue weighted by atomic mass is 32.1. The summed E-state index contributed by atoms with van der Waals surface area (Å²) < 4.78 is 0. The zero-order valence-electron chi connectivity index (χ0n) is 15.1. The van der Waals surface area contributed by atoms with Crippen LogP contribution in [0.2, 0.25) is 0 Å². The Balaban J connectivity index is 1.61. The van der Waals surface area contributed by atoms with Crippen molar-refractivity contribution in [3.8, 4) is 11.1 Å². The monoisotopic (exact) mass is 373 g/mol. The van der Waals surface area contributed by atoms with Crippen LogP contribution in [0.15, 0.2) is 71.4 Å². The minimum Gasteiger partial charge on any atom is -0.378 e. The van der Waals surface area contributed by atoms with Crippen LogP contribution in [0.4, 0.5) is 11.5 Å². The van der Waals surface area contributed by atoms with Crippen molar-refractivity contribution in [1.82, 2.24) is 9.97 Å². The van der Waals surface area contributed by atoms with Crippen molar-refractivity contribution in [3.05, 3.63) is 71.9 Å². The van der Waals surface area contributed by atoms with E-state index in [-0.39, 0.29) is 0 Å². The maximum atomic E-state index is 4.40. The van der Waals surface area contributed by atoms with Gasteiger partial charge in [0.15, 0.2) is 5.82 Å². The predicted molar refractivity (Wildman–Crippen MR) is 115 cm³/mol. The first-order valence-electron chi connectivity index (χ1n) is 8.56. The van der Waals surface area contributed by atoms with Gasteiger partial charge in [0.25, 0.3) is 0 Å². The van der Waals surface area contributed by atoms with Gasteiger partial charge in [-0.2, -0.15) is 5.10 Å². The fraction of sp³-hybridized carbons (Fsp3) is 0.0952. The summed E-state index contributed by atoms with van der Waals surface area (Å²) in [5, 5.41) is 7.49. The van der Waals surface area contributed by atoms with Gasteiger partial charge < -0.3 is 4.90 Å². The average molecular weight is 373 g/mol. The lowest BCUT2D eigenvalue weighted by Crippen LogP contribution is -2.08. The van der Waals surface area contributed by atoms with Crippen molar-refractivity contribution in [3.63, 3.8) is 0 Å². The molecule has 0 amide bonds. The normalized spacial score (nSPS) is 11.2. The third-order valence-electron chi connectivity index (χ3n) is 4.25. The maximum Gasteiger partial charge on any atom is 0.159 e. The minimum absolute atomic E-state index is 0.710. The van der Waals surface area contributed by atoms with Gasteiger partial charge in [0.05, 0.1) is 11.6 Å². The van der Waals surface area contributed by atoms with Gasteiger partial charge in [-0.15, -0.1) is 11.3 Å². The summed E-state index contributed by atoms with van der Waals surface area (Å²) in [6, 6.07) is 18.5. The molecule has 0 saturated carbocycles. The Labute approximate surface area is 162 Å². The van der Waals surface area contributed by atoms with Crippen molar-refractivity contribution < 1.29 is 0 Å². The predicted octanol–water partition coefficient (Wildman–Crippen LogP) is 4.87. The molecule has 0 unspecified atom stereocenters. The zero-order chi connectivity index (χ0) is 18.6. The molecule has 2 heterocycles. The second-order valence-corrected chi connectivity index (χ2v) is 7.13. The lowest BCUT2D eigenvalue weighted by molar-refractivity contribution is 1.13. The van der Waals surface area contributed by atoms with E-state index >= 15 is 0 Å². The quantitative estimate of drug-likeness (QED) is 0.400. The van der Waals surface area contributed by atoms with Crippen LogP contribution in [0, 0.1) is 0 Å². The van der Waals surface area contributed by atoms with Crippen LogP contribution in [0.5, 0.6) is 0 Å². The molecule has 0 aliphatic carbocycles. The fourth-order valence-electron chi connectivity index (χ4n) is 2.82. The first-order chi connectivity index (χ1) is 13.2. The van der Waals surface area contributed by atoms with E-state index in [1.54, 1.807) is 23.9 Å². The van der Waals surface area contributed by atoms with E-state index < -0.39 is 0 Å². The van der Waals surface area contributed by atoms with E-state index in [2.05, 4.69) is 55.0 Å². The lowest BCUT2D eigenvalue weighted by Gasteiger charge is -2.11. The molecular weight excluding hydrogens is 354 g/mol. The number of hydrazone groups is 1. The second-order valence-electron chi connectivity index (χ2n) is 6.27. The molecule has 4 aromatic rings. The Morgan fingerprint density at radius 1 is 1.00 bits per heavy atom. The Bertz CT molecular complexity index is 1070. The number of hydrogen-bond donors (Lipinski definition) is 1. The van der Waals surface area contributed by atoms with Gasteiger partial charge in [0, 0.05) is 30.7 Å². The maximum absolute atomic E-state index is 4.40. The first-order valence-corrected chi connectivity index (χ1v) is 9.44. The van der Waals surface area contributed by atoms with Gasteiger partial charge in [-0.3, -0.25) is 5.43 Å². The molecular formula is C21H19N5S. The third kappa shape index (κ3) is 3.66. The number of fused-ring (bicyclic) bond motifs is 1. The fourth-order valence-corrected chi connectivity index (χ4v) is 3.73. The number of nitrogens with zero attached hydrogens (tertiary/aromatic N) is 4. The van der Waals surface area contributed by atoms with E-state index in [9.17, 15) is 0 Å². The number of aromatic nitrogens is 2. The van der Waals surface area contributed by atoms with Crippen molar-refractivity contribution in [2.24, 2.45) is 5.10 Å². The highest BCUT2D eigenvalue weighted by molar-refractivity contribution is 7.17. The Morgan fingerprint density at radius 3 is 2.52 bits per heavy atom. The van der Waals surface area contributed by atoms with Gasteiger partial charge in [-0.05, 0) is 23.3 Å². The minimum atomic E-state index is 0.710. The van der Waals surface area contributed by atoms with E-state index in [1.807, 2.05) is 44.4 Å². The molecule has 1 N–H and O–H groups in total. The molecule has 0 spiro atoms. The molecule has 0 saturated heterocycles. The van der Waals surface area contributed by atoms with Gasteiger partial charge in [0.1, 0.15) is 11.2 Å². The van der Waals surface area contributed by atoms with Gasteiger partial charge in [-0.25, -0.2) is 9.97 Å². The summed E-state index contributed by atoms with van der Waals surface area (Å²) in [4.78, 5) is 11.8. The van der Waals surface area contributed by atoms with Crippen LogP contribution < -0.4 is 10.3 Å². The summed E-state index contributed by atoms with van der Waals surface area (Å²) >= 11 is 1.61. The zero-order valence-corrected chi connectivity index (χ0v) is 15.9. The first kappa shape index (κ1) is 17.2. The lowest BCUT2D eigenvalue weighted by atomic mass is 10.1. The van der Waals surface area contributed by atoms with Crippen LogP contribution in [0.3, 0.4) is 0 Å². The molecule has 2 aromatic carbocycles. The molecule has 0 fully saturated rings. The number of anilines is 2. The van der Waals surface area contributed by atoms with Crippen molar-refractivity contribution in [2.45, 2.75) is 0 Å². The number of rotatable bonds is 5. The van der Waals surface area contributed by atoms with Crippen LogP contribution >= 0.6 is 11.3 Å². The van der Waals surface area contributed by atoms with Gasteiger partial charge in [0.2, 0.25) is 0 Å². The second kappa shape index (κ2) is 7.55. The number of hydrogen-bond acceptors (Lipinski definition) is 6. The summed E-state index contributed by atoms with van der Waals surface area (Å²) in [7, 11) is 4.05. The number of thiophene rings is 1. The molecule has 6 heteroatoms. The highest BCUT2D eigenvalue weighted by Gasteiger charge is 2.12. The standard InChI is InChI=1S/C21H19N5S/c1-26(2)17-10-8-15(9-11-17)12-24-25-20-19-18(16-6-4-3-5-7-16)13-27-21(19)23-14-22-20/h3-14H,1-2H3,(H,22,23,25)/b24-12-. The molecule has 0 bridgehead atoms. The largest absolute Gasteiger partial charge is 0.378 e. The molecule has 2 aromatic heterocycles. The number of benzene rings is 2. The SMILES string of the molecule is CN(C)c1ccc(/C=N\Nc2ncnc3scc(-c4ccccc4)c23)cc1. The van der Waals surface area contributed by atoms with Crippen molar-refractivity contribution in [2.75, 3.05) is 24.4 Å². The highest BCUT2D eigenvalue weighted by Crippen LogP contribution is 2.36. The molecule has 0 atom stereocenters. The smallest absolute Gasteiger partial charge is 0.159 e. The Morgan fingerprint density at radius 2 is 1.78 bits per heavy atom. The molecule has 4 rings (SSSR count). The van der Waals surface area contributed by atoms with E-state index in [4.69, 9.17) is 0 Å². The number of nitrogens with one attached hydrogen (secondary N) is 1. The van der Waals surface area contributed by atoms with Gasteiger partial charge in [-0.1, -0.05) is 42.5 Å². The van der Waals surface area contributed by atoms with Crippen LogP contribution in [-0.4, -0.2) is 30.3 Å². The summed E-state index contributed by atoms with van der Waals surface area (Å²) in [5.74, 6) is 0.710. The van der Waals surface area contributed by atoms with Crippen LogP contribution in [0.1, 0.15) is 5.56 Å². The van der Waals surface area contributed by atoms with E-state index in [0.29, 0.717) is 5.82 Å². The average Bonchev–Trinajstić information content (AvgIpc) is 3.14. The molecule has 134 valence electrons. The summed E-state index contributed by atoms with van der Waals surface area (Å²) in [6.07, 6.45) is 3.36. The molecule has 0 aliphatic rings. The Hall–Kier alpha value is -3.25. The third-order valence-corrected chi connectivity index (χ3v) is 5.13. The van der Waals surface area contributed by atoms with E-state index in [0.717, 1.165) is 32.6 Å². The van der Waals surface area contributed by atoms with Crippen molar-refractivity contribution in [1.29, 1.82) is 0 Å². The van der Waals surface area contributed by atoms with Crippen molar-refractivity contribution >= 4 is 39.3 Å².